The first-order valence-corrected chi connectivity index (χ1v) is 5.86. The molecule has 15 heavy (non-hydrogen) atoms. The molecule has 0 aromatic carbocycles. The van der Waals surface area contributed by atoms with Gasteiger partial charge in [0.15, 0.2) is 0 Å². The Kier molecular flexibility index (Phi) is 3.10. The molecule has 0 saturated heterocycles. The van der Waals surface area contributed by atoms with Crippen molar-refractivity contribution in [3.63, 3.8) is 0 Å². The van der Waals surface area contributed by atoms with E-state index in [1.54, 1.807) is 0 Å². The molecule has 1 aliphatic carbocycles. The molecule has 0 aliphatic heterocycles. The van der Waals surface area contributed by atoms with Gasteiger partial charge < -0.3 is 5.32 Å². The van der Waals surface area contributed by atoms with Crippen LogP contribution in [0.15, 0.2) is 6.07 Å². The van der Waals surface area contributed by atoms with Gasteiger partial charge in [-0.2, -0.15) is 0 Å². The van der Waals surface area contributed by atoms with Gasteiger partial charge in [-0.05, 0) is 19.8 Å². The van der Waals surface area contributed by atoms with Gasteiger partial charge in [-0.3, -0.25) is 0 Å². The molecule has 1 saturated carbocycles. The third-order valence-corrected chi connectivity index (χ3v) is 3.01. The Morgan fingerprint density at radius 1 is 1.47 bits per heavy atom. The Morgan fingerprint density at radius 3 is 2.80 bits per heavy atom. The Morgan fingerprint density at radius 2 is 2.20 bits per heavy atom. The number of hydrogen-bond acceptors (Lipinski definition) is 3. The summed E-state index contributed by atoms with van der Waals surface area (Å²) in [5.41, 5.74) is 1.02. The summed E-state index contributed by atoms with van der Waals surface area (Å²) in [6.45, 7) is 4.06. The van der Waals surface area contributed by atoms with Crippen LogP contribution in [0.5, 0.6) is 0 Å². The lowest BCUT2D eigenvalue weighted by Gasteiger charge is -2.32. The lowest BCUT2D eigenvalue weighted by molar-refractivity contribution is 0.453. The minimum Gasteiger partial charge on any atom is -0.367 e. The maximum atomic E-state index is 5.93. The molecule has 1 aromatic rings. The number of anilines is 1. The third-order valence-electron chi connectivity index (χ3n) is 2.65. The summed E-state index contributed by atoms with van der Waals surface area (Å²) in [4.78, 5) is 8.77. The fraction of sp³-hybridized carbons (Fsp3) is 0.636. The monoisotopic (exact) mass is 225 g/mol. The van der Waals surface area contributed by atoms with Gasteiger partial charge in [-0.1, -0.05) is 6.92 Å². The number of alkyl halides is 1. The van der Waals surface area contributed by atoms with Crippen LogP contribution in [0.3, 0.4) is 0 Å². The highest BCUT2D eigenvalue weighted by Crippen LogP contribution is 2.28. The van der Waals surface area contributed by atoms with Crippen molar-refractivity contribution >= 4 is 17.4 Å². The molecule has 1 heterocycles. The largest absolute Gasteiger partial charge is 0.367 e. The first-order valence-electron chi connectivity index (χ1n) is 5.42. The highest BCUT2D eigenvalue weighted by atomic mass is 35.5. The fourth-order valence-electron chi connectivity index (χ4n) is 1.74. The van der Waals surface area contributed by atoms with E-state index >= 15 is 0 Å². The van der Waals surface area contributed by atoms with E-state index in [1.165, 1.54) is 0 Å². The number of rotatable bonds is 3. The zero-order valence-corrected chi connectivity index (χ0v) is 9.88. The molecule has 4 heteroatoms. The predicted molar refractivity (Wildman–Crippen MR) is 62.4 cm³/mol. The van der Waals surface area contributed by atoms with E-state index in [-0.39, 0.29) is 0 Å². The van der Waals surface area contributed by atoms with Crippen LogP contribution in [0.4, 0.5) is 5.82 Å². The maximum absolute atomic E-state index is 5.93. The average molecular weight is 226 g/mol. The van der Waals surface area contributed by atoms with Gasteiger partial charge in [-0.25, -0.2) is 9.97 Å². The van der Waals surface area contributed by atoms with Crippen LogP contribution in [0, 0.1) is 6.92 Å². The summed E-state index contributed by atoms with van der Waals surface area (Å²) in [6, 6.07) is 2.48. The zero-order chi connectivity index (χ0) is 10.8. The molecular formula is C11H16ClN3. The van der Waals surface area contributed by atoms with E-state index in [0.29, 0.717) is 11.4 Å². The van der Waals surface area contributed by atoms with Gasteiger partial charge in [0, 0.05) is 29.6 Å². The fourth-order valence-corrected chi connectivity index (χ4v) is 2.17. The van der Waals surface area contributed by atoms with Gasteiger partial charge >= 0.3 is 0 Å². The van der Waals surface area contributed by atoms with E-state index in [2.05, 4.69) is 22.2 Å². The van der Waals surface area contributed by atoms with Crippen molar-refractivity contribution < 1.29 is 0 Å². The summed E-state index contributed by atoms with van der Waals surface area (Å²) in [5.74, 6) is 1.84. The second-order valence-electron chi connectivity index (χ2n) is 4.07. The van der Waals surface area contributed by atoms with Crippen molar-refractivity contribution in [1.29, 1.82) is 0 Å². The molecule has 2 rings (SSSR count). The van der Waals surface area contributed by atoms with Gasteiger partial charge in [0.05, 0.1) is 0 Å². The number of hydrogen-bond donors (Lipinski definition) is 1. The molecule has 0 radical (unpaired) electrons. The summed E-state index contributed by atoms with van der Waals surface area (Å²) in [7, 11) is 0. The molecule has 1 fully saturated rings. The molecule has 0 unspecified atom stereocenters. The van der Waals surface area contributed by atoms with Crippen molar-refractivity contribution in [3.8, 4) is 0 Å². The van der Waals surface area contributed by atoms with Crippen molar-refractivity contribution in [2.45, 2.75) is 44.5 Å². The lowest BCUT2D eigenvalue weighted by atomic mass is 9.92. The Balaban J connectivity index is 2.04. The van der Waals surface area contributed by atoms with Crippen molar-refractivity contribution in [1.82, 2.24) is 9.97 Å². The Bertz CT molecular complexity index is 348. The summed E-state index contributed by atoms with van der Waals surface area (Å²) in [6.07, 6.45) is 2.94. The van der Waals surface area contributed by atoms with Gasteiger partial charge in [0.1, 0.15) is 11.6 Å². The van der Waals surface area contributed by atoms with Crippen LogP contribution < -0.4 is 5.32 Å². The zero-order valence-electron chi connectivity index (χ0n) is 9.13. The number of nitrogens with one attached hydrogen (secondary N) is 1. The van der Waals surface area contributed by atoms with Gasteiger partial charge in [0.25, 0.3) is 0 Å². The number of aromatic nitrogens is 2. The van der Waals surface area contributed by atoms with E-state index in [4.69, 9.17) is 11.6 Å². The van der Waals surface area contributed by atoms with Crippen LogP contribution in [0.25, 0.3) is 0 Å². The van der Waals surface area contributed by atoms with Crippen LogP contribution >= 0.6 is 11.6 Å². The van der Waals surface area contributed by atoms with Crippen molar-refractivity contribution in [2.75, 3.05) is 5.32 Å². The molecule has 3 nitrogen and oxygen atoms in total. The third kappa shape index (κ3) is 2.59. The minimum atomic E-state index is 0.344. The van der Waals surface area contributed by atoms with Gasteiger partial charge in [-0.15, -0.1) is 11.6 Å². The van der Waals surface area contributed by atoms with Crippen LogP contribution in [0.2, 0.25) is 0 Å². The Hall–Kier alpha value is -0.830. The standard InChI is InChI=1S/C11H16ClN3/c1-3-10-13-7(2)4-11(15-10)14-9-5-8(12)6-9/h4,8-9H,3,5-6H2,1-2H3,(H,13,14,15). The highest BCUT2D eigenvalue weighted by molar-refractivity contribution is 6.21. The molecule has 82 valence electrons. The molecule has 1 N–H and O–H groups in total. The van der Waals surface area contributed by atoms with E-state index in [9.17, 15) is 0 Å². The summed E-state index contributed by atoms with van der Waals surface area (Å²) >= 11 is 5.93. The maximum Gasteiger partial charge on any atom is 0.130 e. The topological polar surface area (TPSA) is 37.8 Å². The first-order chi connectivity index (χ1) is 7.17. The SMILES string of the molecule is CCc1nc(C)cc(NC2CC(Cl)C2)n1. The normalized spacial score (nSPS) is 24.7. The second kappa shape index (κ2) is 4.35. The Labute approximate surface area is 95.3 Å². The molecule has 0 bridgehead atoms. The first kappa shape index (κ1) is 10.7. The minimum absolute atomic E-state index is 0.344. The second-order valence-corrected chi connectivity index (χ2v) is 4.69. The smallest absolute Gasteiger partial charge is 0.130 e. The summed E-state index contributed by atoms with van der Waals surface area (Å²) < 4.78 is 0. The number of halogens is 1. The van der Waals surface area contributed by atoms with E-state index < -0.39 is 0 Å². The van der Waals surface area contributed by atoms with E-state index in [1.807, 2.05) is 13.0 Å². The molecule has 0 spiro atoms. The van der Waals surface area contributed by atoms with Crippen LogP contribution in [-0.2, 0) is 6.42 Å². The molecular weight excluding hydrogens is 210 g/mol. The van der Waals surface area contributed by atoms with Crippen molar-refractivity contribution in [2.24, 2.45) is 0 Å². The predicted octanol–water partition coefficient (Wildman–Crippen LogP) is 2.53. The molecule has 1 aliphatic rings. The number of nitrogens with zero attached hydrogens (tertiary/aromatic N) is 2. The van der Waals surface area contributed by atoms with Crippen molar-refractivity contribution in [3.05, 3.63) is 17.6 Å². The molecule has 0 amide bonds. The van der Waals surface area contributed by atoms with Crippen LogP contribution in [0.1, 0.15) is 31.3 Å². The quantitative estimate of drug-likeness (QED) is 0.804. The highest BCUT2D eigenvalue weighted by Gasteiger charge is 2.27. The average Bonchev–Trinajstić information content (AvgIpc) is 2.14. The van der Waals surface area contributed by atoms with Crippen LogP contribution in [-0.4, -0.2) is 21.4 Å². The molecule has 0 atom stereocenters. The summed E-state index contributed by atoms with van der Waals surface area (Å²) in [5, 5.41) is 3.73. The molecule has 1 aromatic heterocycles. The number of aryl methyl sites for hydroxylation is 2. The van der Waals surface area contributed by atoms with E-state index in [0.717, 1.165) is 36.6 Å². The van der Waals surface area contributed by atoms with Gasteiger partial charge in [0.2, 0.25) is 0 Å². The lowest BCUT2D eigenvalue weighted by Crippen LogP contribution is -2.36.